The number of benzene rings is 1. The second kappa shape index (κ2) is 4.31. The quantitative estimate of drug-likeness (QED) is 0.778. The summed E-state index contributed by atoms with van der Waals surface area (Å²) < 4.78 is 33.8. The number of hydrogen-bond acceptors (Lipinski definition) is 5. The molecule has 0 atom stereocenters. The molecule has 1 aromatic carbocycles. The molecular weight excluding hydrogens is 268 g/mol. The molecular formula is C13H16O5S. The molecule has 104 valence electrons. The van der Waals surface area contributed by atoms with Gasteiger partial charge < -0.3 is 4.74 Å². The molecule has 0 saturated carbocycles. The average Bonchev–Trinajstić information content (AvgIpc) is 2.29. The highest BCUT2D eigenvalue weighted by atomic mass is 32.2. The molecule has 1 heterocycles. The Hall–Kier alpha value is -1.40. The van der Waals surface area contributed by atoms with Crippen molar-refractivity contribution in [3.05, 3.63) is 23.3 Å². The van der Waals surface area contributed by atoms with Crippen LogP contribution in [0.5, 0.6) is 5.75 Å². The Labute approximate surface area is 112 Å². The molecule has 2 rings (SSSR count). The van der Waals surface area contributed by atoms with Crippen LogP contribution in [0.2, 0.25) is 0 Å². The number of rotatable bonds is 2. The lowest BCUT2D eigenvalue weighted by Gasteiger charge is -2.32. The first kappa shape index (κ1) is 14.0. The summed E-state index contributed by atoms with van der Waals surface area (Å²) >= 11 is 0. The molecule has 0 saturated heterocycles. The van der Waals surface area contributed by atoms with Crippen LogP contribution in [-0.2, 0) is 14.3 Å². The van der Waals surface area contributed by atoms with Crippen LogP contribution in [-0.4, -0.2) is 26.9 Å². The van der Waals surface area contributed by atoms with Crippen LogP contribution >= 0.6 is 0 Å². The number of carbonyl (C=O) groups is 1. The first-order valence-corrected chi connectivity index (χ1v) is 7.25. The zero-order valence-corrected chi connectivity index (χ0v) is 12.1. The maximum atomic E-state index is 12.0. The third-order valence-electron chi connectivity index (χ3n) is 3.11. The van der Waals surface area contributed by atoms with Crippen molar-refractivity contribution in [2.45, 2.75) is 37.7 Å². The highest BCUT2D eigenvalue weighted by Gasteiger charge is 2.35. The van der Waals surface area contributed by atoms with Gasteiger partial charge in [-0.1, -0.05) is 0 Å². The molecule has 0 aliphatic carbocycles. The van der Waals surface area contributed by atoms with E-state index < -0.39 is 15.7 Å². The highest BCUT2D eigenvalue weighted by Crippen LogP contribution is 2.38. The monoisotopic (exact) mass is 284 g/mol. The van der Waals surface area contributed by atoms with Crippen molar-refractivity contribution in [3.63, 3.8) is 0 Å². The fourth-order valence-electron chi connectivity index (χ4n) is 2.18. The van der Waals surface area contributed by atoms with Gasteiger partial charge in [0.15, 0.2) is 5.78 Å². The summed E-state index contributed by atoms with van der Waals surface area (Å²) in [7, 11) is -2.71. The Kier molecular flexibility index (Phi) is 3.18. The number of hydrogen-bond donors (Lipinski definition) is 0. The molecule has 6 heteroatoms. The van der Waals surface area contributed by atoms with Crippen molar-refractivity contribution in [3.8, 4) is 5.75 Å². The largest absolute Gasteiger partial charge is 0.486 e. The Morgan fingerprint density at radius 1 is 1.32 bits per heavy atom. The second-order valence-electron chi connectivity index (χ2n) is 5.15. The summed E-state index contributed by atoms with van der Waals surface area (Å²) in [6.07, 6.45) is 0.274. The van der Waals surface area contributed by atoms with E-state index in [1.165, 1.54) is 12.1 Å². The van der Waals surface area contributed by atoms with Crippen molar-refractivity contribution in [1.82, 2.24) is 0 Å². The van der Waals surface area contributed by atoms with Gasteiger partial charge in [0.25, 0.3) is 10.1 Å². The van der Waals surface area contributed by atoms with Crippen molar-refractivity contribution >= 4 is 15.9 Å². The number of carbonyl (C=O) groups excluding carboxylic acids is 1. The fourth-order valence-corrected chi connectivity index (χ4v) is 3.06. The second-order valence-corrected chi connectivity index (χ2v) is 6.83. The van der Waals surface area contributed by atoms with Crippen LogP contribution in [0.25, 0.3) is 0 Å². The molecule has 0 amide bonds. The van der Waals surface area contributed by atoms with Crippen LogP contribution in [0.4, 0.5) is 0 Å². The van der Waals surface area contributed by atoms with Gasteiger partial charge in [-0.25, -0.2) is 0 Å². The number of Topliss-reactive ketones (excluding diaryl/α,β-unsaturated/α-hetero) is 1. The van der Waals surface area contributed by atoms with E-state index in [-0.39, 0.29) is 17.1 Å². The third kappa shape index (κ3) is 2.37. The van der Waals surface area contributed by atoms with Gasteiger partial charge in [0.05, 0.1) is 19.1 Å². The zero-order valence-electron chi connectivity index (χ0n) is 11.3. The Bertz CT molecular complexity index is 643. The van der Waals surface area contributed by atoms with Crippen LogP contribution in [0.3, 0.4) is 0 Å². The normalized spacial score (nSPS) is 17.8. The standard InChI is InChI=1S/C13H16O5S/c1-8-11(19(15,16)17-4)6-5-9-10(14)7-13(2,3)18-12(8)9/h5-6H,7H2,1-4H3. The fraction of sp³-hybridized carbons (Fsp3) is 0.462. The molecule has 0 radical (unpaired) electrons. The molecule has 0 aromatic heterocycles. The van der Waals surface area contributed by atoms with Gasteiger partial charge in [0.1, 0.15) is 16.2 Å². The summed E-state index contributed by atoms with van der Waals surface area (Å²) in [4.78, 5) is 12.1. The van der Waals surface area contributed by atoms with Crippen LogP contribution in [0, 0.1) is 6.92 Å². The van der Waals surface area contributed by atoms with Gasteiger partial charge in [0.2, 0.25) is 0 Å². The summed E-state index contributed by atoms with van der Waals surface area (Å²) in [6, 6.07) is 2.86. The Morgan fingerprint density at radius 3 is 2.53 bits per heavy atom. The molecule has 0 N–H and O–H groups in total. The van der Waals surface area contributed by atoms with Crippen LogP contribution in [0.1, 0.15) is 36.2 Å². The van der Waals surface area contributed by atoms with Gasteiger partial charge in [-0.05, 0) is 32.9 Å². The third-order valence-corrected chi connectivity index (χ3v) is 4.53. The molecule has 1 aliphatic rings. The van der Waals surface area contributed by atoms with E-state index in [0.717, 1.165) is 7.11 Å². The highest BCUT2D eigenvalue weighted by molar-refractivity contribution is 7.86. The minimum Gasteiger partial charge on any atom is -0.486 e. The van der Waals surface area contributed by atoms with Gasteiger partial charge in [0, 0.05) is 5.56 Å². The summed E-state index contributed by atoms with van der Waals surface area (Å²) in [5, 5.41) is 0. The smallest absolute Gasteiger partial charge is 0.297 e. The first-order valence-electron chi connectivity index (χ1n) is 5.84. The van der Waals surface area contributed by atoms with Crippen LogP contribution < -0.4 is 4.74 Å². The van der Waals surface area contributed by atoms with Crippen molar-refractivity contribution in [2.75, 3.05) is 7.11 Å². The van der Waals surface area contributed by atoms with Crippen molar-refractivity contribution in [2.24, 2.45) is 0 Å². The maximum Gasteiger partial charge on any atom is 0.297 e. The number of fused-ring (bicyclic) bond motifs is 1. The van der Waals surface area contributed by atoms with E-state index in [1.807, 2.05) is 0 Å². The topological polar surface area (TPSA) is 69.7 Å². The van der Waals surface area contributed by atoms with E-state index >= 15 is 0 Å². The predicted octanol–water partition coefficient (Wildman–Crippen LogP) is 2.07. The Balaban J connectivity index is 2.67. The average molecular weight is 284 g/mol. The first-order chi connectivity index (χ1) is 8.68. The van der Waals surface area contributed by atoms with Crippen molar-refractivity contribution in [1.29, 1.82) is 0 Å². The molecule has 19 heavy (non-hydrogen) atoms. The molecule has 0 bridgehead atoms. The molecule has 0 spiro atoms. The summed E-state index contributed by atoms with van der Waals surface area (Å²) in [5.41, 5.74) is 0.192. The van der Waals surface area contributed by atoms with Gasteiger partial charge in [-0.2, -0.15) is 8.42 Å². The number of ether oxygens (including phenoxy) is 1. The summed E-state index contributed by atoms with van der Waals surface area (Å²) in [6.45, 7) is 5.20. The van der Waals surface area contributed by atoms with Crippen molar-refractivity contribution < 1.29 is 22.1 Å². The van der Waals surface area contributed by atoms with Gasteiger partial charge >= 0.3 is 0 Å². The van der Waals surface area contributed by atoms with E-state index in [1.54, 1.807) is 20.8 Å². The lowest BCUT2D eigenvalue weighted by Crippen LogP contribution is -2.36. The summed E-state index contributed by atoms with van der Waals surface area (Å²) in [5.74, 6) is 0.287. The van der Waals surface area contributed by atoms with Crippen LogP contribution in [0.15, 0.2) is 17.0 Å². The predicted molar refractivity (Wildman–Crippen MR) is 69.0 cm³/mol. The molecule has 1 aromatic rings. The zero-order chi connectivity index (χ0) is 14.4. The minimum absolute atomic E-state index is 0.0271. The SMILES string of the molecule is COS(=O)(=O)c1ccc2c(c1C)OC(C)(C)CC2=O. The maximum absolute atomic E-state index is 12.0. The van der Waals surface area contributed by atoms with Gasteiger partial charge in [-0.3, -0.25) is 8.98 Å². The molecule has 0 unspecified atom stereocenters. The lowest BCUT2D eigenvalue weighted by atomic mass is 9.92. The van der Waals surface area contributed by atoms with Gasteiger partial charge in [-0.15, -0.1) is 0 Å². The molecule has 1 aliphatic heterocycles. The van der Waals surface area contributed by atoms with E-state index in [9.17, 15) is 13.2 Å². The number of ketones is 1. The van der Waals surface area contributed by atoms with E-state index in [2.05, 4.69) is 4.18 Å². The Morgan fingerprint density at radius 2 is 1.95 bits per heavy atom. The molecule has 5 nitrogen and oxygen atoms in total. The minimum atomic E-state index is -3.81. The van der Waals surface area contributed by atoms with E-state index in [0.29, 0.717) is 16.9 Å². The molecule has 0 fully saturated rings. The lowest BCUT2D eigenvalue weighted by molar-refractivity contribution is 0.0613. The van der Waals surface area contributed by atoms with E-state index in [4.69, 9.17) is 4.74 Å².